The third-order valence-electron chi connectivity index (χ3n) is 4.48. The second-order valence-corrected chi connectivity index (χ2v) is 6.42. The van der Waals surface area contributed by atoms with Gasteiger partial charge in [0.25, 0.3) is 5.91 Å². The SMILES string of the molecule is COc1ccc(-c2nn(CCNC(=O)c3ccccc3C(F)(F)F)c(=O)n2C)cc1. The van der Waals surface area contributed by atoms with Gasteiger partial charge in [0, 0.05) is 19.2 Å². The van der Waals surface area contributed by atoms with Gasteiger partial charge in [-0.2, -0.15) is 13.2 Å². The number of nitrogens with one attached hydrogen (secondary N) is 1. The van der Waals surface area contributed by atoms with Gasteiger partial charge in [0.15, 0.2) is 5.82 Å². The minimum atomic E-state index is -4.64. The van der Waals surface area contributed by atoms with Crippen molar-refractivity contribution < 1.29 is 22.7 Å². The number of methoxy groups -OCH3 is 1. The van der Waals surface area contributed by atoms with Crippen LogP contribution in [0.3, 0.4) is 0 Å². The Hall–Kier alpha value is -3.56. The lowest BCUT2D eigenvalue weighted by molar-refractivity contribution is -0.137. The summed E-state index contributed by atoms with van der Waals surface area (Å²) in [4.78, 5) is 24.6. The van der Waals surface area contributed by atoms with E-state index in [0.29, 0.717) is 17.1 Å². The Morgan fingerprint density at radius 1 is 1.13 bits per heavy atom. The molecule has 0 fully saturated rings. The zero-order valence-corrected chi connectivity index (χ0v) is 16.2. The molecule has 10 heteroatoms. The molecular weight excluding hydrogens is 401 g/mol. The highest BCUT2D eigenvalue weighted by atomic mass is 19.4. The van der Waals surface area contributed by atoms with Crippen LogP contribution in [0.25, 0.3) is 11.4 Å². The number of carbonyl (C=O) groups excluding carboxylic acids is 1. The molecule has 1 aromatic heterocycles. The van der Waals surface area contributed by atoms with Crippen LogP contribution in [0.4, 0.5) is 13.2 Å². The molecule has 2 aromatic carbocycles. The van der Waals surface area contributed by atoms with Crippen molar-refractivity contribution in [3.8, 4) is 17.1 Å². The third-order valence-corrected chi connectivity index (χ3v) is 4.48. The van der Waals surface area contributed by atoms with E-state index in [2.05, 4.69) is 10.4 Å². The zero-order valence-electron chi connectivity index (χ0n) is 16.2. The Morgan fingerprint density at radius 2 is 1.80 bits per heavy atom. The van der Waals surface area contributed by atoms with Gasteiger partial charge in [-0.15, -0.1) is 5.10 Å². The first-order valence-electron chi connectivity index (χ1n) is 8.95. The number of benzene rings is 2. The van der Waals surface area contributed by atoms with Crippen molar-refractivity contribution in [1.82, 2.24) is 19.7 Å². The molecule has 0 aliphatic heterocycles. The Labute approximate surface area is 169 Å². The van der Waals surface area contributed by atoms with E-state index in [0.717, 1.165) is 16.8 Å². The maximum Gasteiger partial charge on any atom is 0.417 e. The lowest BCUT2D eigenvalue weighted by Crippen LogP contribution is -2.32. The van der Waals surface area contributed by atoms with Gasteiger partial charge in [-0.3, -0.25) is 9.36 Å². The topological polar surface area (TPSA) is 78.2 Å². The van der Waals surface area contributed by atoms with Gasteiger partial charge in [0.2, 0.25) is 0 Å². The number of ether oxygens (including phenoxy) is 1. The molecular formula is C20H19F3N4O3. The molecule has 1 amide bonds. The van der Waals surface area contributed by atoms with Crippen molar-refractivity contribution in [2.75, 3.05) is 13.7 Å². The molecule has 30 heavy (non-hydrogen) atoms. The number of carbonyl (C=O) groups is 1. The number of rotatable bonds is 6. The van der Waals surface area contributed by atoms with Crippen LogP contribution in [-0.4, -0.2) is 33.9 Å². The average Bonchev–Trinajstić information content (AvgIpc) is 3.01. The molecule has 0 aliphatic rings. The van der Waals surface area contributed by atoms with Crippen LogP contribution in [0, 0.1) is 0 Å². The fraction of sp³-hybridized carbons (Fsp3) is 0.250. The van der Waals surface area contributed by atoms with Gasteiger partial charge in [-0.05, 0) is 36.4 Å². The van der Waals surface area contributed by atoms with Crippen molar-refractivity contribution in [2.45, 2.75) is 12.7 Å². The Bertz CT molecular complexity index is 1100. The molecule has 0 saturated heterocycles. The van der Waals surface area contributed by atoms with Gasteiger partial charge >= 0.3 is 11.9 Å². The number of nitrogens with zero attached hydrogens (tertiary/aromatic N) is 3. The van der Waals surface area contributed by atoms with Gasteiger partial charge < -0.3 is 10.1 Å². The summed E-state index contributed by atoms with van der Waals surface area (Å²) in [5.74, 6) is 0.198. The summed E-state index contributed by atoms with van der Waals surface area (Å²) in [6, 6.07) is 11.5. The van der Waals surface area contributed by atoms with E-state index in [1.807, 2.05) is 0 Å². The molecule has 7 nitrogen and oxygen atoms in total. The highest BCUT2D eigenvalue weighted by Crippen LogP contribution is 2.31. The summed E-state index contributed by atoms with van der Waals surface area (Å²) in [6.45, 7) is -0.0627. The second-order valence-electron chi connectivity index (χ2n) is 6.42. The first-order chi connectivity index (χ1) is 14.2. The number of hydrogen-bond donors (Lipinski definition) is 1. The molecule has 0 spiro atoms. The molecule has 1 N–H and O–H groups in total. The number of halogens is 3. The van der Waals surface area contributed by atoms with Crippen LogP contribution in [0.1, 0.15) is 15.9 Å². The maximum atomic E-state index is 13.1. The Kier molecular flexibility index (Phi) is 5.95. The first-order valence-corrected chi connectivity index (χ1v) is 8.95. The minimum absolute atomic E-state index is 0.00273. The summed E-state index contributed by atoms with van der Waals surface area (Å²) >= 11 is 0. The highest BCUT2D eigenvalue weighted by molar-refractivity contribution is 5.95. The van der Waals surface area contributed by atoms with Crippen molar-refractivity contribution in [2.24, 2.45) is 7.05 Å². The van der Waals surface area contributed by atoms with E-state index < -0.39 is 28.9 Å². The van der Waals surface area contributed by atoms with Crippen LogP contribution in [0.15, 0.2) is 53.3 Å². The molecule has 3 aromatic rings. The molecule has 1 heterocycles. The Morgan fingerprint density at radius 3 is 2.43 bits per heavy atom. The van der Waals surface area contributed by atoms with Crippen LogP contribution < -0.4 is 15.7 Å². The van der Waals surface area contributed by atoms with Crippen molar-refractivity contribution in [1.29, 1.82) is 0 Å². The van der Waals surface area contributed by atoms with Crippen LogP contribution >= 0.6 is 0 Å². The minimum Gasteiger partial charge on any atom is -0.497 e. The van der Waals surface area contributed by atoms with Crippen molar-refractivity contribution >= 4 is 5.91 Å². The average molecular weight is 420 g/mol. The zero-order chi connectivity index (χ0) is 21.9. The summed E-state index contributed by atoms with van der Waals surface area (Å²) in [6.07, 6.45) is -4.64. The molecule has 0 aliphatic carbocycles. The van der Waals surface area contributed by atoms with Crippen LogP contribution in [0.2, 0.25) is 0 Å². The molecule has 0 bridgehead atoms. The smallest absolute Gasteiger partial charge is 0.417 e. The lowest BCUT2D eigenvalue weighted by Gasteiger charge is -2.12. The normalized spacial score (nSPS) is 11.4. The van der Waals surface area contributed by atoms with Gasteiger partial charge in [0.1, 0.15) is 5.75 Å². The van der Waals surface area contributed by atoms with E-state index in [9.17, 15) is 22.8 Å². The summed E-state index contributed by atoms with van der Waals surface area (Å²) in [5, 5.41) is 6.66. The predicted octanol–water partition coefficient (Wildman–Crippen LogP) is 2.71. The number of amides is 1. The summed E-state index contributed by atoms with van der Waals surface area (Å²) in [7, 11) is 3.10. The van der Waals surface area contributed by atoms with E-state index in [4.69, 9.17) is 4.74 Å². The molecule has 0 unspecified atom stereocenters. The van der Waals surface area contributed by atoms with E-state index in [-0.39, 0.29) is 13.1 Å². The standard InChI is InChI=1S/C20H19F3N4O3/c1-26-17(13-7-9-14(30-2)10-8-13)25-27(19(26)29)12-11-24-18(28)15-5-3-4-6-16(15)20(21,22)23/h3-10H,11-12H2,1-2H3,(H,24,28). The first kappa shape index (κ1) is 21.2. The molecule has 0 atom stereocenters. The van der Waals surface area contributed by atoms with E-state index in [1.54, 1.807) is 38.4 Å². The molecule has 0 saturated carbocycles. The molecule has 0 radical (unpaired) electrons. The third kappa shape index (κ3) is 4.37. The quantitative estimate of drug-likeness (QED) is 0.665. The predicted molar refractivity (Wildman–Crippen MR) is 103 cm³/mol. The van der Waals surface area contributed by atoms with E-state index in [1.165, 1.54) is 16.7 Å². The van der Waals surface area contributed by atoms with Crippen LogP contribution in [0.5, 0.6) is 5.75 Å². The van der Waals surface area contributed by atoms with Gasteiger partial charge in [-0.25, -0.2) is 9.48 Å². The monoisotopic (exact) mass is 420 g/mol. The van der Waals surface area contributed by atoms with Crippen molar-refractivity contribution in [3.05, 3.63) is 70.1 Å². The van der Waals surface area contributed by atoms with Crippen molar-refractivity contribution in [3.63, 3.8) is 0 Å². The van der Waals surface area contributed by atoms with Gasteiger partial charge in [-0.1, -0.05) is 12.1 Å². The number of alkyl halides is 3. The highest BCUT2D eigenvalue weighted by Gasteiger charge is 2.34. The number of aromatic nitrogens is 3. The largest absolute Gasteiger partial charge is 0.497 e. The van der Waals surface area contributed by atoms with Gasteiger partial charge in [0.05, 0.1) is 24.8 Å². The van der Waals surface area contributed by atoms with Crippen LogP contribution in [-0.2, 0) is 19.8 Å². The lowest BCUT2D eigenvalue weighted by atomic mass is 10.1. The summed E-state index contributed by atoms with van der Waals surface area (Å²) < 4.78 is 46.8. The molecule has 3 rings (SSSR count). The maximum absolute atomic E-state index is 13.1. The number of hydrogen-bond acceptors (Lipinski definition) is 4. The summed E-state index contributed by atoms with van der Waals surface area (Å²) in [5.41, 5.74) is -1.21. The molecule has 158 valence electrons. The van der Waals surface area contributed by atoms with E-state index >= 15 is 0 Å². The Balaban J connectivity index is 1.71. The fourth-order valence-electron chi connectivity index (χ4n) is 2.92. The fourth-order valence-corrected chi connectivity index (χ4v) is 2.92. The second kappa shape index (κ2) is 8.44.